The van der Waals surface area contributed by atoms with Gasteiger partial charge in [-0.2, -0.15) is 0 Å². The Hall–Kier alpha value is -1.78. The van der Waals surface area contributed by atoms with Gasteiger partial charge in [-0.1, -0.05) is 6.92 Å². The van der Waals surface area contributed by atoms with Gasteiger partial charge in [-0.3, -0.25) is 4.99 Å². The second-order valence-corrected chi connectivity index (χ2v) is 8.30. The lowest BCUT2D eigenvalue weighted by atomic mass is 9.89. The Morgan fingerprint density at radius 1 is 1.23 bits per heavy atom. The lowest BCUT2D eigenvalue weighted by Crippen LogP contribution is -2.49. The number of carbonyl (C=O) groups excluding carboxylic acids is 1. The zero-order chi connectivity index (χ0) is 21.3. The highest BCUT2D eigenvalue weighted by Crippen LogP contribution is 2.26. The van der Waals surface area contributed by atoms with E-state index in [-0.39, 0.29) is 42.2 Å². The van der Waals surface area contributed by atoms with Gasteiger partial charge in [-0.25, -0.2) is 9.78 Å². The predicted octanol–water partition coefficient (Wildman–Crippen LogP) is 3.55. The van der Waals surface area contributed by atoms with E-state index in [2.05, 4.69) is 27.5 Å². The Kier molecular flexibility index (Phi) is 10.6. The molecule has 1 saturated heterocycles. The molecule has 2 fully saturated rings. The van der Waals surface area contributed by atoms with E-state index in [1.54, 1.807) is 18.1 Å². The molecule has 0 atom stereocenters. The normalized spacial score (nSPS) is 22.3. The third-order valence-corrected chi connectivity index (χ3v) is 6.00. The summed E-state index contributed by atoms with van der Waals surface area (Å²) < 4.78 is 10.9. The Bertz CT molecular complexity index is 717. The Morgan fingerprint density at radius 3 is 2.58 bits per heavy atom. The second-order valence-electron chi connectivity index (χ2n) is 8.30. The van der Waals surface area contributed by atoms with Gasteiger partial charge in [0.25, 0.3) is 0 Å². The van der Waals surface area contributed by atoms with Crippen LogP contribution < -0.4 is 15.4 Å². The summed E-state index contributed by atoms with van der Waals surface area (Å²) >= 11 is 0. The highest BCUT2D eigenvalue weighted by atomic mass is 127. The van der Waals surface area contributed by atoms with Crippen molar-refractivity contribution in [1.82, 2.24) is 20.5 Å². The number of likely N-dealkylation sites (tertiary alicyclic amines) is 1. The molecular formula is C22H36IN5O3. The Balaban J connectivity index is 0.00000341. The fraction of sp³-hybridized carbons (Fsp3) is 0.682. The average Bonchev–Trinajstić information content (AvgIpc) is 2.78. The smallest absolute Gasteiger partial charge is 0.409 e. The molecule has 31 heavy (non-hydrogen) atoms. The van der Waals surface area contributed by atoms with E-state index in [1.165, 1.54) is 20.0 Å². The number of aromatic nitrogens is 1. The van der Waals surface area contributed by atoms with Crippen LogP contribution in [0.15, 0.2) is 23.3 Å². The van der Waals surface area contributed by atoms with Crippen LogP contribution in [0.1, 0.15) is 51.0 Å². The molecule has 2 heterocycles. The number of guanidine groups is 1. The van der Waals surface area contributed by atoms with E-state index in [1.807, 2.05) is 12.1 Å². The fourth-order valence-electron chi connectivity index (χ4n) is 4.05. The van der Waals surface area contributed by atoms with Crippen LogP contribution in [0.3, 0.4) is 0 Å². The van der Waals surface area contributed by atoms with Crippen LogP contribution in [-0.2, 0) is 11.3 Å². The zero-order valence-corrected chi connectivity index (χ0v) is 21.1. The van der Waals surface area contributed by atoms with Crippen LogP contribution in [-0.4, -0.2) is 61.3 Å². The molecule has 0 radical (unpaired) electrons. The summed E-state index contributed by atoms with van der Waals surface area (Å²) in [6, 6.07) is 4.28. The van der Waals surface area contributed by atoms with Gasteiger partial charge in [0.2, 0.25) is 5.88 Å². The summed E-state index contributed by atoms with van der Waals surface area (Å²) in [7, 11) is 3.19. The summed E-state index contributed by atoms with van der Waals surface area (Å²) in [5, 5.41) is 6.82. The highest BCUT2D eigenvalue weighted by molar-refractivity contribution is 14.0. The Morgan fingerprint density at radius 2 is 1.94 bits per heavy atom. The number of rotatable bonds is 5. The summed E-state index contributed by atoms with van der Waals surface area (Å²) in [5.74, 6) is 2.26. The third-order valence-electron chi connectivity index (χ3n) is 6.00. The minimum atomic E-state index is -0.255. The first-order valence-electron chi connectivity index (χ1n) is 11.0. The molecular weight excluding hydrogens is 509 g/mol. The number of amides is 1. The SMILES string of the molecule is CN=C(NCc1ccnc(OC2CCC(C)CC2)c1)NC1CCN(C(=O)OC)CC1.I. The van der Waals surface area contributed by atoms with Gasteiger partial charge in [-0.15, -0.1) is 24.0 Å². The van der Waals surface area contributed by atoms with Crippen molar-refractivity contribution >= 4 is 36.0 Å². The van der Waals surface area contributed by atoms with Crippen molar-refractivity contribution in [3.05, 3.63) is 23.9 Å². The number of carbonyl (C=O) groups is 1. The number of ether oxygens (including phenoxy) is 2. The number of hydrogen-bond acceptors (Lipinski definition) is 5. The number of nitrogens with one attached hydrogen (secondary N) is 2. The number of halogens is 1. The molecule has 2 N–H and O–H groups in total. The minimum absolute atomic E-state index is 0. The van der Waals surface area contributed by atoms with Crippen molar-refractivity contribution in [3.8, 4) is 5.88 Å². The van der Waals surface area contributed by atoms with Crippen molar-refractivity contribution in [2.24, 2.45) is 10.9 Å². The molecule has 0 bridgehead atoms. The second kappa shape index (κ2) is 12.9. The lowest BCUT2D eigenvalue weighted by molar-refractivity contribution is 0.111. The number of methoxy groups -OCH3 is 1. The van der Waals surface area contributed by atoms with Gasteiger partial charge < -0.3 is 25.0 Å². The van der Waals surface area contributed by atoms with Gasteiger partial charge in [0.15, 0.2) is 5.96 Å². The lowest BCUT2D eigenvalue weighted by Gasteiger charge is -2.32. The maximum absolute atomic E-state index is 11.6. The maximum atomic E-state index is 11.6. The van der Waals surface area contributed by atoms with Gasteiger partial charge in [0.1, 0.15) is 6.10 Å². The van der Waals surface area contributed by atoms with Crippen LogP contribution in [0.2, 0.25) is 0 Å². The zero-order valence-electron chi connectivity index (χ0n) is 18.8. The molecule has 0 spiro atoms. The number of hydrogen-bond donors (Lipinski definition) is 2. The summed E-state index contributed by atoms with van der Waals surface area (Å²) in [4.78, 5) is 22.1. The van der Waals surface area contributed by atoms with Crippen molar-refractivity contribution in [2.45, 2.75) is 64.1 Å². The number of piperidine rings is 1. The topological polar surface area (TPSA) is 88.1 Å². The van der Waals surface area contributed by atoms with E-state index >= 15 is 0 Å². The third kappa shape index (κ3) is 8.01. The molecule has 3 rings (SSSR count). The molecule has 1 aromatic rings. The number of nitrogens with zero attached hydrogens (tertiary/aromatic N) is 3. The molecule has 1 aliphatic carbocycles. The van der Waals surface area contributed by atoms with Crippen molar-refractivity contribution in [1.29, 1.82) is 0 Å². The van der Waals surface area contributed by atoms with Gasteiger partial charge in [0.05, 0.1) is 7.11 Å². The maximum Gasteiger partial charge on any atom is 0.409 e. The standard InChI is InChI=1S/C22H35N5O3.HI/c1-16-4-6-19(7-5-16)30-20-14-17(8-11-24-20)15-25-21(23-2)26-18-9-12-27(13-10-18)22(28)29-3;/h8,11,14,16,18-19H,4-7,9-10,12-13,15H2,1-3H3,(H2,23,25,26);1H. The molecule has 9 heteroatoms. The van der Waals surface area contributed by atoms with Crippen LogP contribution in [0.4, 0.5) is 4.79 Å². The molecule has 0 aromatic carbocycles. The fourth-order valence-corrected chi connectivity index (χ4v) is 4.05. The van der Waals surface area contributed by atoms with E-state index < -0.39 is 0 Å². The first-order valence-corrected chi connectivity index (χ1v) is 11.0. The first kappa shape index (κ1) is 25.5. The van der Waals surface area contributed by atoms with E-state index in [9.17, 15) is 4.79 Å². The van der Waals surface area contributed by atoms with E-state index in [4.69, 9.17) is 9.47 Å². The van der Waals surface area contributed by atoms with E-state index in [0.29, 0.717) is 25.5 Å². The molecule has 174 valence electrons. The first-order chi connectivity index (χ1) is 14.6. The minimum Gasteiger partial charge on any atom is -0.474 e. The van der Waals surface area contributed by atoms with Gasteiger partial charge in [-0.05, 0) is 56.1 Å². The number of pyridine rings is 1. The number of aliphatic imine (C=N–C) groups is 1. The van der Waals surface area contributed by atoms with Gasteiger partial charge >= 0.3 is 6.09 Å². The van der Waals surface area contributed by atoms with Crippen LogP contribution in [0.5, 0.6) is 5.88 Å². The van der Waals surface area contributed by atoms with Crippen LogP contribution >= 0.6 is 24.0 Å². The molecule has 1 aliphatic heterocycles. The molecule has 0 unspecified atom stereocenters. The van der Waals surface area contributed by atoms with Crippen molar-refractivity contribution in [2.75, 3.05) is 27.2 Å². The predicted molar refractivity (Wildman–Crippen MR) is 132 cm³/mol. The summed E-state index contributed by atoms with van der Waals surface area (Å²) in [6.45, 7) is 4.32. The van der Waals surface area contributed by atoms with E-state index in [0.717, 1.165) is 43.1 Å². The summed E-state index contributed by atoms with van der Waals surface area (Å²) in [6.07, 6.45) is 8.23. The molecule has 8 nitrogen and oxygen atoms in total. The van der Waals surface area contributed by atoms with Crippen molar-refractivity contribution < 1.29 is 14.3 Å². The average molecular weight is 545 g/mol. The Labute approximate surface area is 202 Å². The highest BCUT2D eigenvalue weighted by Gasteiger charge is 2.24. The van der Waals surface area contributed by atoms with Crippen LogP contribution in [0, 0.1) is 5.92 Å². The quantitative estimate of drug-likeness (QED) is 0.335. The largest absolute Gasteiger partial charge is 0.474 e. The van der Waals surface area contributed by atoms with Crippen molar-refractivity contribution in [3.63, 3.8) is 0 Å². The van der Waals surface area contributed by atoms with Gasteiger partial charge in [0, 0.05) is 45.0 Å². The molecule has 1 aromatic heterocycles. The molecule has 1 saturated carbocycles. The summed E-state index contributed by atoms with van der Waals surface area (Å²) in [5.41, 5.74) is 1.10. The monoisotopic (exact) mass is 545 g/mol. The van der Waals surface area contributed by atoms with Crippen LogP contribution in [0.25, 0.3) is 0 Å². The molecule has 1 amide bonds. The molecule has 2 aliphatic rings.